The molecule has 152 valence electrons. The van der Waals surface area contributed by atoms with E-state index in [9.17, 15) is 9.50 Å². The minimum Gasteiger partial charge on any atom is -0.380 e. The minimum absolute atomic E-state index is 0.303. The Hall–Kier alpha value is -2.70. The Morgan fingerprint density at radius 1 is 1.10 bits per heavy atom. The number of halogens is 1. The maximum atomic E-state index is 14.8. The first-order valence-electron chi connectivity index (χ1n) is 9.99. The Morgan fingerprint density at radius 3 is 2.55 bits per heavy atom. The van der Waals surface area contributed by atoms with Crippen molar-refractivity contribution in [1.29, 1.82) is 0 Å². The highest BCUT2D eigenvalue weighted by atomic mass is 19.1. The number of nitrogens with zero attached hydrogens (tertiary/aromatic N) is 4. The molecule has 0 aliphatic carbocycles. The molecule has 1 fully saturated rings. The number of aliphatic hydroxyl groups is 1. The van der Waals surface area contributed by atoms with Crippen LogP contribution in [0.15, 0.2) is 54.9 Å². The normalized spacial score (nSPS) is 16.2. The molecule has 0 saturated carbocycles. The highest BCUT2D eigenvalue weighted by Crippen LogP contribution is 2.33. The van der Waals surface area contributed by atoms with E-state index in [1.165, 1.54) is 17.2 Å². The van der Waals surface area contributed by atoms with Gasteiger partial charge in [-0.15, -0.1) is 0 Å². The zero-order valence-electron chi connectivity index (χ0n) is 16.9. The van der Waals surface area contributed by atoms with Gasteiger partial charge in [0, 0.05) is 57.7 Å². The number of benzene rings is 2. The summed E-state index contributed by atoms with van der Waals surface area (Å²) in [6.45, 7) is 6.13. The average molecular weight is 394 g/mol. The molecule has 0 unspecified atom stereocenters. The van der Waals surface area contributed by atoms with Gasteiger partial charge in [0.25, 0.3) is 0 Å². The Labute approximate surface area is 171 Å². The fourth-order valence-electron chi connectivity index (χ4n) is 4.06. The zero-order chi connectivity index (χ0) is 20.4. The number of hydrogen-bond donors (Lipinski definition) is 1. The van der Waals surface area contributed by atoms with Crippen molar-refractivity contribution in [1.82, 2.24) is 14.5 Å². The summed E-state index contributed by atoms with van der Waals surface area (Å²) in [5.41, 5.74) is 3.61. The molecule has 1 atom stereocenters. The molecule has 3 aromatic rings. The van der Waals surface area contributed by atoms with E-state index in [0.717, 1.165) is 19.6 Å². The molecule has 4 rings (SSSR count). The topological polar surface area (TPSA) is 44.5 Å². The van der Waals surface area contributed by atoms with E-state index < -0.39 is 6.10 Å². The van der Waals surface area contributed by atoms with E-state index in [1.54, 1.807) is 29.1 Å². The number of piperazine rings is 1. The molecule has 1 N–H and O–H groups in total. The Balaban J connectivity index is 1.50. The van der Waals surface area contributed by atoms with Crippen molar-refractivity contribution in [2.24, 2.45) is 7.05 Å². The number of para-hydroxylation sites is 1. The van der Waals surface area contributed by atoms with E-state index in [2.05, 4.69) is 41.1 Å². The highest BCUT2D eigenvalue weighted by Gasteiger charge is 2.26. The number of aromatic nitrogens is 2. The fourth-order valence-corrected chi connectivity index (χ4v) is 4.06. The van der Waals surface area contributed by atoms with Crippen LogP contribution < -0.4 is 4.90 Å². The summed E-state index contributed by atoms with van der Waals surface area (Å²) < 4.78 is 16.6. The van der Waals surface area contributed by atoms with E-state index in [4.69, 9.17) is 0 Å². The maximum Gasteiger partial charge on any atom is 0.146 e. The van der Waals surface area contributed by atoms with Crippen molar-refractivity contribution in [2.75, 3.05) is 31.1 Å². The molecule has 29 heavy (non-hydrogen) atoms. The lowest BCUT2D eigenvalue weighted by Crippen LogP contribution is -2.46. The van der Waals surface area contributed by atoms with Crippen LogP contribution in [0.5, 0.6) is 0 Å². The number of anilines is 1. The van der Waals surface area contributed by atoms with Crippen LogP contribution in [0.25, 0.3) is 0 Å². The molecular formula is C23H27FN4O. The standard InChI is InChI=1S/C23H27FN4O/c1-17-5-3-6-18(15-17)16-27-11-13-28(14-12-27)21-19(7-4-8-20(21)24)22(29)23-25-9-10-26(23)2/h3-10,15,22,29H,11-14,16H2,1-2H3/t22-/m1/s1. The van der Waals surface area contributed by atoms with Crippen LogP contribution in [0, 0.1) is 12.7 Å². The molecule has 0 bridgehead atoms. The number of imidazole rings is 1. The van der Waals surface area contributed by atoms with Gasteiger partial charge in [0.05, 0.1) is 5.69 Å². The van der Waals surface area contributed by atoms with Crippen molar-refractivity contribution in [2.45, 2.75) is 19.6 Å². The fraction of sp³-hybridized carbons (Fsp3) is 0.348. The van der Waals surface area contributed by atoms with Gasteiger partial charge in [-0.1, -0.05) is 42.0 Å². The molecule has 1 saturated heterocycles. The van der Waals surface area contributed by atoms with E-state index in [-0.39, 0.29) is 5.82 Å². The third-order valence-electron chi connectivity index (χ3n) is 5.59. The summed E-state index contributed by atoms with van der Waals surface area (Å²) in [4.78, 5) is 8.67. The van der Waals surface area contributed by atoms with Crippen molar-refractivity contribution in [3.05, 3.63) is 83.2 Å². The molecule has 0 radical (unpaired) electrons. The van der Waals surface area contributed by atoms with Gasteiger partial charge in [0.1, 0.15) is 17.7 Å². The number of aryl methyl sites for hydroxylation is 2. The van der Waals surface area contributed by atoms with Gasteiger partial charge in [-0.3, -0.25) is 4.90 Å². The number of aliphatic hydroxyl groups excluding tert-OH is 1. The third kappa shape index (κ3) is 4.18. The molecule has 2 heterocycles. The van der Waals surface area contributed by atoms with Crippen LogP contribution in [0.3, 0.4) is 0 Å². The van der Waals surface area contributed by atoms with Gasteiger partial charge < -0.3 is 14.6 Å². The maximum absolute atomic E-state index is 14.8. The average Bonchev–Trinajstić information content (AvgIpc) is 3.14. The quantitative estimate of drug-likeness (QED) is 0.721. The van der Waals surface area contributed by atoms with E-state index in [1.807, 2.05) is 11.9 Å². The largest absolute Gasteiger partial charge is 0.380 e. The molecule has 0 spiro atoms. The van der Waals surface area contributed by atoms with E-state index >= 15 is 0 Å². The SMILES string of the molecule is Cc1cccc(CN2CCN(c3c(F)cccc3[C@@H](O)c3nccn3C)CC2)c1. The number of rotatable bonds is 5. The van der Waals surface area contributed by atoms with Crippen molar-refractivity contribution in [3.8, 4) is 0 Å². The Morgan fingerprint density at radius 2 is 1.86 bits per heavy atom. The van der Waals surface area contributed by atoms with Crippen molar-refractivity contribution < 1.29 is 9.50 Å². The molecule has 1 aliphatic heterocycles. The zero-order valence-corrected chi connectivity index (χ0v) is 16.9. The van der Waals surface area contributed by atoms with Gasteiger partial charge >= 0.3 is 0 Å². The first kappa shape index (κ1) is 19.6. The van der Waals surface area contributed by atoms with Crippen LogP contribution in [-0.4, -0.2) is 45.7 Å². The molecular weight excluding hydrogens is 367 g/mol. The lowest BCUT2D eigenvalue weighted by molar-refractivity contribution is 0.205. The predicted octanol–water partition coefficient (Wildman–Crippen LogP) is 3.27. The second-order valence-corrected chi connectivity index (χ2v) is 7.73. The van der Waals surface area contributed by atoms with Crippen LogP contribution in [-0.2, 0) is 13.6 Å². The molecule has 1 aromatic heterocycles. The van der Waals surface area contributed by atoms with Crippen molar-refractivity contribution >= 4 is 5.69 Å². The summed E-state index contributed by atoms with van der Waals surface area (Å²) in [6, 6.07) is 13.5. The lowest BCUT2D eigenvalue weighted by atomic mass is 10.0. The summed E-state index contributed by atoms with van der Waals surface area (Å²) in [7, 11) is 1.83. The van der Waals surface area contributed by atoms with Gasteiger partial charge in [-0.25, -0.2) is 9.37 Å². The summed E-state index contributed by atoms with van der Waals surface area (Å²) >= 11 is 0. The van der Waals surface area contributed by atoms with Crippen LogP contribution in [0.2, 0.25) is 0 Å². The molecule has 2 aromatic carbocycles. The van der Waals surface area contributed by atoms with Crippen LogP contribution >= 0.6 is 0 Å². The Kier molecular flexibility index (Phi) is 5.65. The summed E-state index contributed by atoms with van der Waals surface area (Å²) in [6.07, 6.45) is 2.45. The highest BCUT2D eigenvalue weighted by molar-refractivity contribution is 5.57. The van der Waals surface area contributed by atoms with Gasteiger partial charge in [0.2, 0.25) is 0 Å². The van der Waals surface area contributed by atoms with Crippen molar-refractivity contribution in [3.63, 3.8) is 0 Å². The first-order valence-corrected chi connectivity index (χ1v) is 9.99. The second-order valence-electron chi connectivity index (χ2n) is 7.73. The van der Waals surface area contributed by atoms with Crippen LogP contribution in [0.1, 0.15) is 28.6 Å². The predicted molar refractivity (Wildman–Crippen MR) is 112 cm³/mol. The Bertz CT molecular complexity index is 979. The van der Waals surface area contributed by atoms with Crippen LogP contribution in [0.4, 0.5) is 10.1 Å². The smallest absolute Gasteiger partial charge is 0.146 e. The molecule has 1 aliphatic rings. The monoisotopic (exact) mass is 394 g/mol. The summed E-state index contributed by atoms with van der Waals surface area (Å²) in [5.74, 6) is 0.206. The third-order valence-corrected chi connectivity index (χ3v) is 5.59. The van der Waals surface area contributed by atoms with Gasteiger partial charge in [-0.05, 0) is 18.6 Å². The molecule has 5 nitrogen and oxygen atoms in total. The summed E-state index contributed by atoms with van der Waals surface area (Å²) in [5, 5.41) is 10.9. The minimum atomic E-state index is -0.967. The van der Waals surface area contributed by atoms with Gasteiger partial charge in [-0.2, -0.15) is 0 Å². The lowest BCUT2D eigenvalue weighted by Gasteiger charge is -2.37. The second kappa shape index (κ2) is 8.35. The molecule has 0 amide bonds. The van der Waals surface area contributed by atoms with E-state index in [0.29, 0.717) is 30.2 Å². The number of hydrogen-bond acceptors (Lipinski definition) is 4. The molecule has 6 heteroatoms. The van der Waals surface area contributed by atoms with Gasteiger partial charge in [0.15, 0.2) is 0 Å². The first-order chi connectivity index (χ1) is 14.0.